The SMILES string of the molecule is Cn1ccc(/C=C2\SC(=S)NC2=O)c1. The van der Waals surface area contributed by atoms with Crippen LogP contribution in [0.2, 0.25) is 0 Å². The van der Waals surface area contributed by atoms with Gasteiger partial charge in [0.25, 0.3) is 5.91 Å². The summed E-state index contributed by atoms with van der Waals surface area (Å²) in [5.74, 6) is -0.108. The van der Waals surface area contributed by atoms with Crippen LogP contribution in [-0.2, 0) is 11.8 Å². The maximum atomic E-state index is 11.3. The molecule has 5 heteroatoms. The lowest BCUT2D eigenvalue weighted by molar-refractivity contribution is -0.115. The van der Waals surface area contributed by atoms with Crippen molar-refractivity contribution >= 4 is 40.3 Å². The molecule has 1 aliphatic heterocycles. The van der Waals surface area contributed by atoms with Crippen LogP contribution < -0.4 is 5.32 Å². The monoisotopic (exact) mass is 224 g/mol. The second-order valence-electron chi connectivity index (χ2n) is 2.96. The van der Waals surface area contributed by atoms with Gasteiger partial charge in [-0.3, -0.25) is 4.79 Å². The number of hydrogen-bond donors (Lipinski definition) is 1. The van der Waals surface area contributed by atoms with Crippen LogP contribution >= 0.6 is 24.0 Å². The van der Waals surface area contributed by atoms with Crippen molar-refractivity contribution in [2.75, 3.05) is 0 Å². The van der Waals surface area contributed by atoms with Gasteiger partial charge in [0.1, 0.15) is 4.32 Å². The fourth-order valence-electron chi connectivity index (χ4n) is 1.18. The third-order valence-electron chi connectivity index (χ3n) is 1.79. The van der Waals surface area contributed by atoms with E-state index in [4.69, 9.17) is 12.2 Å². The molecule has 1 aromatic rings. The van der Waals surface area contributed by atoms with Crippen molar-refractivity contribution in [3.63, 3.8) is 0 Å². The van der Waals surface area contributed by atoms with Gasteiger partial charge in [-0.2, -0.15) is 0 Å². The molecule has 72 valence electrons. The number of thioether (sulfide) groups is 1. The number of hydrogen-bond acceptors (Lipinski definition) is 3. The summed E-state index contributed by atoms with van der Waals surface area (Å²) in [6, 6.07) is 1.95. The van der Waals surface area contributed by atoms with E-state index in [1.807, 2.05) is 36.2 Å². The van der Waals surface area contributed by atoms with Crippen LogP contribution in [0.5, 0.6) is 0 Å². The highest BCUT2D eigenvalue weighted by Gasteiger charge is 2.21. The molecule has 0 bridgehead atoms. The van der Waals surface area contributed by atoms with E-state index in [1.54, 1.807) is 0 Å². The fraction of sp³-hybridized carbons (Fsp3) is 0.111. The van der Waals surface area contributed by atoms with Gasteiger partial charge >= 0.3 is 0 Å². The molecular weight excluding hydrogens is 216 g/mol. The third-order valence-corrected chi connectivity index (χ3v) is 2.96. The quantitative estimate of drug-likeness (QED) is 0.580. The Morgan fingerprint density at radius 2 is 2.43 bits per heavy atom. The van der Waals surface area contributed by atoms with E-state index in [1.165, 1.54) is 11.8 Å². The summed E-state index contributed by atoms with van der Waals surface area (Å²) in [6.07, 6.45) is 5.71. The lowest BCUT2D eigenvalue weighted by atomic mass is 10.3. The first kappa shape index (κ1) is 9.48. The summed E-state index contributed by atoms with van der Waals surface area (Å²) in [5.41, 5.74) is 1.01. The zero-order valence-electron chi connectivity index (χ0n) is 7.48. The average Bonchev–Trinajstić information content (AvgIpc) is 2.61. The molecule has 1 aliphatic rings. The van der Waals surface area contributed by atoms with Crippen molar-refractivity contribution < 1.29 is 4.79 Å². The van der Waals surface area contributed by atoms with Crippen molar-refractivity contribution in [3.05, 3.63) is 28.9 Å². The van der Waals surface area contributed by atoms with Gasteiger partial charge in [-0.25, -0.2) is 0 Å². The number of nitrogens with zero attached hydrogens (tertiary/aromatic N) is 1. The highest BCUT2D eigenvalue weighted by molar-refractivity contribution is 8.26. The molecule has 0 spiro atoms. The van der Waals surface area contributed by atoms with Gasteiger partial charge in [-0.1, -0.05) is 24.0 Å². The number of aryl methyl sites for hydroxylation is 1. The van der Waals surface area contributed by atoms with Crippen molar-refractivity contribution in [2.45, 2.75) is 0 Å². The van der Waals surface area contributed by atoms with Crippen molar-refractivity contribution in [3.8, 4) is 0 Å². The minimum absolute atomic E-state index is 0.108. The number of rotatable bonds is 1. The molecule has 0 saturated carbocycles. The summed E-state index contributed by atoms with van der Waals surface area (Å²) < 4.78 is 2.46. The van der Waals surface area contributed by atoms with Crippen molar-refractivity contribution in [2.24, 2.45) is 7.05 Å². The maximum absolute atomic E-state index is 11.3. The predicted molar refractivity (Wildman–Crippen MR) is 61.7 cm³/mol. The number of nitrogens with one attached hydrogen (secondary N) is 1. The minimum Gasteiger partial charge on any atom is -0.357 e. The summed E-state index contributed by atoms with van der Waals surface area (Å²) in [6.45, 7) is 0. The van der Waals surface area contributed by atoms with Gasteiger partial charge in [0.15, 0.2) is 0 Å². The van der Waals surface area contributed by atoms with Crippen LogP contribution in [0.15, 0.2) is 23.4 Å². The Bertz CT molecular complexity index is 434. The van der Waals surface area contributed by atoms with Crippen LogP contribution in [0.25, 0.3) is 6.08 Å². The Morgan fingerprint density at radius 1 is 1.64 bits per heavy atom. The molecule has 0 radical (unpaired) electrons. The summed E-state index contributed by atoms with van der Waals surface area (Å²) in [5, 5.41) is 2.57. The van der Waals surface area contributed by atoms with Gasteiger partial charge in [-0.05, 0) is 17.7 Å². The Labute approximate surface area is 91.2 Å². The maximum Gasteiger partial charge on any atom is 0.263 e. The Hall–Kier alpha value is -1.07. The van der Waals surface area contributed by atoms with Crippen LogP contribution in [0.4, 0.5) is 0 Å². The molecule has 3 nitrogen and oxygen atoms in total. The van der Waals surface area contributed by atoms with E-state index in [-0.39, 0.29) is 5.91 Å². The molecule has 0 atom stereocenters. The van der Waals surface area contributed by atoms with Crippen molar-refractivity contribution in [1.29, 1.82) is 0 Å². The molecule has 1 saturated heterocycles. The number of amides is 1. The average molecular weight is 224 g/mol. The number of aromatic nitrogens is 1. The number of thiocarbonyl (C=S) groups is 1. The molecule has 2 heterocycles. The molecule has 0 aromatic carbocycles. The predicted octanol–water partition coefficient (Wildman–Crippen LogP) is 1.51. The zero-order valence-corrected chi connectivity index (χ0v) is 9.11. The minimum atomic E-state index is -0.108. The molecule has 0 unspecified atom stereocenters. The summed E-state index contributed by atoms with van der Waals surface area (Å²) in [7, 11) is 1.94. The molecule has 0 aliphatic carbocycles. The number of carbonyl (C=O) groups excluding carboxylic acids is 1. The van der Waals surface area contributed by atoms with E-state index in [9.17, 15) is 4.79 Å². The molecule has 1 amide bonds. The topological polar surface area (TPSA) is 34.0 Å². The largest absolute Gasteiger partial charge is 0.357 e. The van der Waals surface area contributed by atoms with E-state index in [2.05, 4.69) is 5.32 Å². The second kappa shape index (κ2) is 3.59. The molecule has 1 N–H and O–H groups in total. The normalized spacial score (nSPS) is 19.1. The van der Waals surface area contributed by atoms with Crippen LogP contribution in [0.1, 0.15) is 5.56 Å². The van der Waals surface area contributed by atoms with Crippen LogP contribution in [0, 0.1) is 0 Å². The number of carbonyl (C=O) groups is 1. The highest BCUT2D eigenvalue weighted by atomic mass is 32.2. The first-order valence-electron chi connectivity index (χ1n) is 4.02. The molecule has 2 rings (SSSR count). The Morgan fingerprint density at radius 3 is 2.93 bits per heavy atom. The van der Waals surface area contributed by atoms with E-state index >= 15 is 0 Å². The van der Waals surface area contributed by atoms with Crippen molar-refractivity contribution in [1.82, 2.24) is 9.88 Å². The zero-order chi connectivity index (χ0) is 10.1. The molecule has 1 fully saturated rings. The molecular formula is C9H8N2OS2. The third kappa shape index (κ3) is 1.88. The first-order chi connectivity index (χ1) is 6.65. The standard InChI is InChI=1S/C9H8N2OS2/c1-11-3-2-6(5-11)4-7-8(12)10-9(13)14-7/h2-5H,1H3,(H,10,12,13)/b7-4-. The van der Waals surface area contributed by atoms with Gasteiger partial charge in [0.05, 0.1) is 4.91 Å². The second-order valence-corrected chi connectivity index (χ2v) is 4.68. The molecule has 14 heavy (non-hydrogen) atoms. The van der Waals surface area contributed by atoms with E-state index < -0.39 is 0 Å². The van der Waals surface area contributed by atoms with Gasteiger partial charge in [0, 0.05) is 19.4 Å². The molecule has 1 aromatic heterocycles. The summed E-state index contributed by atoms with van der Waals surface area (Å²) in [4.78, 5) is 12.0. The van der Waals surface area contributed by atoms with E-state index in [0.29, 0.717) is 9.23 Å². The Kier molecular flexibility index (Phi) is 2.43. The van der Waals surface area contributed by atoms with E-state index in [0.717, 1.165) is 5.56 Å². The van der Waals surface area contributed by atoms with Gasteiger partial charge in [0.2, 0.25) is 0 Å². The lowest BCUT2D eigenvalue weighted by Gasteiger charge is -1.89. The van der Waals surface area contributed by atoms with Crippen LogP contribution in [-0.4, -0.2) is 14.8 Å². The van der Waals surface area contributed by atoms with Gasteiger partial charge in [-0.15, -0.1) is 0 Å². The van der Waals surface area contributed by atoms with Gasteiger partial charge < -0.3 is 9.88 Å². The summed E-state index contributed by atoms with van der Waals surface area (Å²) >= 11 is 6.18. The first-order valence-corrected chi connectivity index (χ1v) is 5.24. The smallest absolute Gasteiger partial charge is 0.263 e. The Balaban J connectivity index is 2.27. The lowest BCUT2D eigenvalue weighted by Crippen LogP contribution is -2.17. The fourth-order valence-corrected chi connectivity index (χ4v) is 2.23. The highest BCUT2D eigenvalue weighted by Crippen LogP contribution is 2.25. The van der Waals surface area contributed by atoms with Crippen LogP contribution in [0.3, 0.4) is 0 Å².